The highest BCUT2D eigenvalue weighted by molar-refractivity contribution is 8.15. The molecule has 0 aliphatic carbocycles. The molecule has 3 aromatic rings. The predicted molar refractivity (Wildman–Crippen MR) is 171 cm³/mol. The number of benzene rings is 3. The van der Waals surface area contributed by atoms with Gasteiger partial charge in [-0.3, -0.25) is 19.3 Å². The molecule has 0 radical (unpaired) electrons. The predicted octanol–water partition coefficient (Wildman–Crippen LogP) is 5.46. The quantitative estimate of drug-likeness (QED) is 0.304. The molecular formula is C33H35N5O4S. The van der Waals surface area contributed by atoms with Gasteiger partial charge in [0.15, 0.2) is 5.17 Å². The molecule has 0 saturated carbocycles. The number of nitrogens with one attached hydrogen (secondary N) is 2. The van der Waals surface area contributed by atoms with Crippen molar-refractivity contribution in [2.45, 2.75) is 57.4 Å². The van der Waals surface area contributed by atoms with Crippen LogP contribution in [0.5, 0.6) is 5.75 Å². The molecule has 10 heteroatoms. The van der Waals surface area contributed by atoms with Crippen LogP contribution in [0.25, 0.3) is 0 Å². The van der Waals surface area contributed by atoms with Crippen molar-refractivity contribution in [3.05, 3.63) is 89.5 Å². The summed E-state index contributed by atoms with van der Waals surface area (Å²) in [5.74, 6) is 0.545. The van der Waals surface area contributed by atoms with Crippen LogP contribution >= 0.6 is 11.8 Å². The molecule has 2 N–H and O–H groups in total. The average molecular weight is 598 g/mol. The first-order valence-electron chi connectivity index (χ1n) is 14.5. The van der Waals surface area contributed by atoms with Gasteiger partial charge in [0.05, 0.1) is 18.0 Å². The van der Waals surface area contributed by atoms with Crippen molar-refractivity contribution >= 4 is 51.9 Å². The lowest BCUT2D eigenvalue weighted by atomic mass is 10.1. The van der Waals surface area contributed by atoms with Gasteiger partial charge in [-0.25, -0.2) is 4.99 Å². The van der Waals surface area contributed by atoms with Gasteiger partial charge in [0.2, 0.25) is 11.8 Å². The van der Waals surface area contributed by atoms with Gasteiger partial charge in [-0.05, 0) is 55.2 Å². The van der Waals surface area contributed by atoms with E-state index in [9.17, 15) is 14.4 Å². The monoisotopic (exact) mass is 597 g/mol. The summed E-state index contributed by atoms with van der Waals surface area (Å²) in [7, 11) is 1.59. The Morgan fingerprint density at radius 1 is 1.00 bits per heavy atom. The highest BCUT2D eigenvalue weighted by Gasteiger charge is 2.42. The summed E-state index contributed by atoms with van der Waals surface area (Å²) in [5, 5.41) is 6.00. The number of anilines is 1. The van der Waals surface area contributed by atoms with Crippen LogP contribution in [-0.4, -0.2) is 52.0 Å². The SMILES string of the molecule is CCc1ccc(NC(=O)C(CC)SC2=Nc3ccccc3C3=NC(=O)C(CCC(=O)NCc4ccccc4OC)N23)cc1. The number of para-hydroxylation sites is 2. The molecule has 0 spiro atoms. The Bertz CT molecular complexity index is 1570. The lowest BCUT2D eigenvalue weighted by Crippen LogP contribution is -2.45. The van der Waals surface area contributed by atoms with Gasteiger partial charge in [-0.15, -0.1) is 0 Å². The van der Waals surface area contributed by atoms with Crippen molar-refractivity contribution in [2.75, 3.05) is 12.4 Å². The Kier molecular flexibility index (Phi) is 9.56. The number of amidine groups is 2. The maximum atomic E-state index is 13.3. The molecule has 2 aliphatic rings. The molecule has 0 bridgehead atoms. The van der Waals surface area contributed by atoms with Crippen molar-refractivity contribution in [3.8, 4) is 5.75 Å². The van der Waals surface area contributed by atoms with Crippen molar-refractivity contribution in [1.29, 1.82) is 0 Å². The smallest absolute Gasteiger partial charge is 0.270 e. The molecule has 3 aromatic carbocycles. The number of thioether (sulfide) groups is 1. The summed E-state index contributed by atoms with van der Waals surface area (Å²) in [4.78, 5) is 50.5. The largest absolute Gasteiger partial charge is 0.496 e. The first-order valence-corrected chi connectivity index (χ1v) is 15.3. The summed E-state index contributed by atoms with van der Waals surface area (Å²) in [6, 6.07) is 22.1. The summed E-state index contributed by atoms with van der Waals surface area (Å²) < 4.78 is 5.37. The lowest BCUT2D eigenvalue weighted by molar-refractivity contribution is -0.122. The van der Waals surface area contributed by atoms with Gasteiger partial charge in [0, 0.05) is 29.8 Å². The van der Waals surface area contributed by atoms with E-state index in [1.54, 1.807) is 12.0 Å². The molecule has 5 rings (SSSR count). The lowest BCUT2D eigenvalue weighted by Gasteiger charge is -2.32. The third kappa shape index (κ3) is 6.80. The van der Waals surface area contributed by atoms with E-state index in [4.69, 9.17) is 9.73 Å². The number of nitrogens with zero attached hydrogens (tertiary/aromatic N) is 3. The minimum atomic E-state index is -0.700. The number of ether oxygens (including phenoxy) is 1. The molecule has 3 amide bonds. The van der Waals surface area contributed by atoms with E-state index in [2.05, 4.69) is 22.5 Å². The van der Waals surface area contributed by atoms with Crippen LogP contribution in [-0.2, 0) is 27.3 Å². The number of rotatable bonds is 11. The van der Waals surface area contributed by atoms with E-state index in [1.807, 2.05) is 79.7 Å². The van der Waals surface area contributed by atoms with E-state index in [-0.39, 0.29) is 30.6 Å². The van der Waals surface area contributed by atoms with Crippen LogP contribution in [0.4, 0.5) is 11.4 Å². The highest BCUT2D eigenvalue weighted by atomic mass is 32.2. The van der Waals surface area contributed by atoms with Crippen LogP contribution in [0.3, 0.4) is 0 Å². The fraction of sp³-hybridized carbons (Fsp3) is 0.303. The first kappa shape index (κ1) is 30.0. The van der Waals surface area contributed by atoms with E-state index in [1.165, 1.54) is 17.3 Å². The molecular weight excluding hydrogens is 562 g/mol. The zero-order valence-corrected chi connectivity index (χ0v) is 25.3. The highest BCUT2D eigenvalue weighted by Crippen LogP contribution is 2.37. The standard InChI is InChI=1S/C33H35N5O4S/c1-4-21-14-16-23(17-15-21)35-32(41)28(5-2)43-33-36-25-12-8-7-11-24(25)30-37-31(40)26(38(30)33)18-19-29(39)34-20-22-10-6-9-13-27(22)42-3/h6-17,26,28H,4-5,18-20H2,1-3H3,(H,34,39)(H,35,41). The number of carbonyl (C=O) groups is 3. The first-order chi connectivity index (χ1) is 20.9. The second-order valence-electron chi connectivity index (χ2n) is 10.3. The van der Waals surface area contributed by atoms with E-state index in [0.717, 1.165) is 23.2 Å². The molecule has 0 fully saturated rings. The summed E-state index contributed by atoms with van der Waals surface area (Å²) in [5.41, 5.74) is 4.22. The van der Waals surface area contributed by atoms with Gasteiger partial charge in [-0.2, -0.15) is 4.99 Å². The number of hydrogen-bond donors (Lipinski definition) is 2. The van der Waals surface area contributed by atoms with Crippen LogP contribution in [0, 0.1) is 0 Å². The van der Waals surface area contributed by atoms with E-state index in [0.29, 0.717) is 35.4 Å². The van der Waals surface area contributed by atoms with E-state index < -0.39 is 11.3 Å². The zero-order valence-electron chi connectivity index (χ0n) is 24.5. The Labute approximate surface area is 255 Å². The summed E-state index contributed by atoms with van der Waals surface area (Å²) >= 11 is 1.31. The fourth-order valence-corrected chi connectivity index (χ4v) is 6.12. The van der Waals surface area contributed by atoms with Gasteiger partial charge in [0.1, 0.15) is 17.6 Å². The molecule has 2 aliphatic heterocycles. The Morgan fingerprint density at radius 3 is 2.49 bits per heavy atom. The topological polar surface area (TPSA) is 112 Å². The number of methoxy groups -OCH3 is 1. The summed E-state index contributed by atoms with van der Waals surface area (Å²) in [6.45, 7) is 4.35. The number of carbonyl (C=O) groups excluding carboxylic acids is 3. The average Bonchev–Trinajstić information content (AvgIpc) is 3.38. The number of aliphatic imine (C=N–C) groups is 2. The molecule has 0 aromatic heterocycles. The second-order valence-corrected chi connectivity index (χ2v) is 11.4. The normalized spacial score (nSPS) is 16.0. The van der Waals surface area contributed by atoms with Crippen molar-refractivity contribution in [2.24, 2.45) is 9.98 Å². The van der Waals surface area contributed by atoms with E-state index >= 15 is 0 Å². The van der Waals surface area contributed by atoms with Gasteiger partial charge in [0.25, 0.3) is 5.91 Å². The Balaban J connectivity index is 1.31. The minimum Gasteiger partial charge on any atom is -0.496 e. The molecule has 0 saturated heterocycles. The van der Waals surface area contributed by atoms with Gasteiger partial charge < -0.3 is 15.4 Å². The van der Waals surface area contributed by atoms with Crippen LogP contribution in [0.2, 0.25) is 0 Å². The third-order valence-corrected chi connectivity index (χ3v) is 8.79. The molecule has 222 valence electrons. The molecule has 2 unspecified atom stereocenters. The number of fused-ring (bicyclic) bond motifs is 3. The van der Waals surface area contributed by atoms with Crippen molar-refractivity contribution in [3.63, 3.8) is 0 Å². The van der Waals surface area contributed by atoms with Crippen LogP contribution < -0.4 is 15.4 Å². The third-order valence-electron chi connectivity index (χ3n) is 7.46. The number of hydrogen-bond acceptors (Lipinski definition) is 7. The maximum Gasteiger partial charge on any atom is 0.270 e. The second kappa shape index (κ2) is 13.7. The van der Waals surface area contributed by atoms with Crippen LogP contribution in [0.15, 0.2) is 82.8 Å². The fourth-order valence-electron chi connectivity index (χ4n) is 5.05. The number of aryl methyl sites for hydroxylation is 1. The van der Waals surface area contributed by atoms with Gasteiger partial charge in [-0.1, -0.05) is 68.1 Å². The van der Waals surface area contributed by atoms with Crippen molar-refractivity contribution in [1.82, 2.24) is 10.2 Å². The number of amides is 3. The Hall–Kier alpha value is -4.44. The van der Waals surface area contributed by atoms with Gasteiger partial charge >= 0.3 is 0 Å². The maximum absolute atomic E-state index is 13.3. The molecule has 43 heavy (non-hydrogen) atoms. The molecule has 9 nitrogen and oxygen atoms in total. The molecule has 2 atom stereocenters. The van der Waals surface area contributed by atoms with Crippen molar-refractivity contribution < 1.29 is 19.1 Å². The minimum absolute atomic E-state index is 0.121. The molecule has 2 heterocycles. The zero-order chi connectivity index (χ0) is 30.3. The summed E-state index contributed by atoms with van der Waals surface area (Å²) in [6.07, 6.45) is 1.84. The Morgan fingerprint density at radius 2 is 1.74 bits per heavy atom. The van der Waals surface area contributed by atoms with Crippen LogP contribution in [0.1, 0.15) is 49.8 Å².